The van der Waals surface area contributed by atoms with Gasteiger partial charge in [0.1, 0.15) is 0 Å². The maximum absolute atomic E-state index is 13.9. The van der Waals surface area contributed by atoms with Crippen LogP contribution in [0.3, 0.4) is 0 Å². The Labute approximate surface area is 138 Å². The maximum Gasteiger partial charge on any atom is 0.286 e. The molecule has 5 nitrogen and oxygen atoms in total. The second-order valence-corrected chi connectivity index (χ2v) is 7.03. The van der Waals surface area contributed by atoms with Gasteiger partial charge in [0.25, 0.3) is 11.8 Å². The summed E-state index contributed by atoms with van der Waals surface area (Å²) in [5.74, 6) is -3.71. The number of hydrogen-bond acceptors (Lipinski definition) is 3. The van der Waals surface area contributed by atoms with Crippen molar-refractivity contribution < 1.29 is 22.0 Å². The summed E-state index contributed by atoms with van der Waals surface area (Å²) in [6.07, 6.45) is 0.811. The summed E-state index contributed by atoms with van der Waals surface area (Å²) < 4.78 is 51.5. The average Bonchev–Trinajstić information content (AvgIpc) is 2.54. The van der Waals surface area contributed by atoms with E-state index in [0.29, 0.717) is 11.3 Å². The number of carbonyl (C=O) groups excluding carboxylic acids is 1. The van der Waals surface area contributed by atoms with E-state index in [1.54, 1.807) is 35.1 Å². The molecule has 0 aromatic heterocycles. The highest BCUT2D eigenvalue weighted by molar-refractivity contribution is 7.88. The summed E-state index contributed by atoms with van der Waals surface area (Å²) in [4.78, 5) is 12.0. The van der Waals surface area contributed by atoms with Crippen LogP contribution in [-0.4, -0.2) is 27.1 Å². The van der Waals surface area contributed by atoms with Gasteiger partial charge in [0, 0.05) is 16.8 Å². The molecule has 128 valence electrons. The Balaban J connectivity index is 2.06. The molecule has 0 aliphatic heterocycles. The lowest BCUT2D eigenvalue weighted by atomic mass is 10.1. The van der Waals surface area contributed by atoms with E-state index in [-0.39, 0.29) is 11.5 Å². The monoisotopic (exact) mass is 354 g/mol. The molecule has 2 aromatic rings. The van der Waals surface area contributed by atoms with Crippen LogP contribution in [0.1, 0.15) is 15.9 Å². The highest BCUT2D eigenvalue weighted by Crippen LogP contribution is 2.28. The largest absolute Gasteiger partial charge is 0.322 e. The second kappa shape index (κ2) is 7.06. The zero-order valence-corrected chi connectivity index (χ0v) is 13.6. The van der Waals surface area contributed by atoms with E-state index in [2.05, 4.69) is 5.32 Å². The molecular formula is C16H16F2N2O3S. The number of nitrogens with one attached hydrogen (secondary N) is 2. The van der Waals surface area contributed by atoms with Crippen molar-refractivity contribution in [1.29, 1.82) is 0 Å². The lowest BCUT2D eigenvalue weighted by Crippen LogP contribution is -2.34. The van der Waals surface area contributed by atoms with Crippen molar-refractivity contribution in [2.75, 3.05) is 18.1 Å². The van der Waals surface area contributed by atoms with Gasteiger partial charge in [-0.1, -0.05) is 30.3 Å². The Morgan fingerprint density at radius 3 is 2.17 bits per heavy atom. The van der Waals surface area contributed by atoms with E-state index in [0.717, 1.165) is 18.4 Å². The number of sulfonamides is 1. The number of alkyl halides is 2. The van der Waals surface area contributed by atoms with Crippen LogP contribution in [0.2, 0.25) is 0 Å². The summed E-state index contributed by atoms with van der Waals surface area (Å²) in [6, 6.07) is 13.4. The van der Waals surface area contributed by atoms with Gasteiger partial charge in [0.2, 0.25) is 10.0 Å². The van der Waals surface area contributed by atoms with E-state index in [1.807, 2.05) is 0 Å². The minimum absolute atomic E-state index is 0.351. The van der Waals surface area contributed by atoms with Crippen LogP contribution in [-0.2, 0) is 15.9 Å². The van der Waals surface area contributed by atoms with Crippen LogP contribution in [0.25, 0.3) is 0 Å². The zero-order valence-electron chi connectivity index (χ0n) is 12.8. The molecule has 1 amide bonds. The number of rotatable bonds is 6. The summed E-state index contributed by atoms with van der Waals surface area (Å²) in [5.41, 5.74) is 0.458. The van der Waals surface area contributed by atoms with Crippen LogP contribution < -0.4 is 10.0 Å². The third kappa shape index (κ3) is 5.10. The van der Waals surface area contributed by atoms with Crippen molar-refractivity contribution in [3.8, 4) is 0 Å². The Hall–Kier alpha value is -2.32. The third-order valence-electron chi connectivity index (χ3n) is 3.16. The summed E-state index contributed by atoms with van der Waals surface area (Å²) >= 11 is 0. The summed E-state index contributed by atoms with van der Waals surface area (Å²) in [7, 11) is -3.71. The molecule has 0 unspecified atom stereocenters. The first kappa shape index (κ1) is 18.0. The molecule has 0 heterocycles. The molecule has 2 N–H and O–H groups in total. The van der Waals surface area contributed by atoms with Gasteiger partial charge in [-0.05, 0) is 24.3 Å². The van der Waals surface area contributed by atoms with Crippen LogP contribution in [0.15, 0.2) is 54.6 Å². The standard InChI is InChI=1S/C16H16F2N2O3S/c1-24(22,23)19-11-16(17,18)13-7-9-14(10-8-13)20-15(21)12-5-3-2-4-6-12/h2-10,19H,11H2,1H3,(H,20,21). The van der Waals surface area contributed by atoms with Crippen molar-refractivity contribution in [2.45, 2.75) is 5.92 Å². The predicted molar refractivity (Wildman–Crippen MR) is 87.6 cm³/mol. The molecule has 2 rings (SSSR count). The van der Waals surface area contributed by atoms with E-state index in [9.17, 15) is 22.0 Å². The summed E-state index contributed by atoms with van der Waals surface area (Å²) in [6.45, 7) is -1.03. The molecule has 0 saturated heterocycles. The molecule has 0 saturated carbocycles. The van der Waals surface area contributed by atoms with E-state index in [4.69, 9.17) is 0 Å². The smallest absolute Gasteiger partial charge is 0.286 e. The van der Waals surface area contributed by atoms with Gasteiger partial charge in [-0.25, -0.2) is 13.1 Å². The molecule has 0 fully saturated rings. The minimum Gasteiger partial charge on any atom is -0.322 e. The number of hydrogen-bond donors (Lipinski definition) is 2. The molecule has 0 bridgehead atoms. The molecule has 0 atom stereocenters. The van der Waals surface area contributed by atoms with E-state index in [1.165, 1.54) is 12.1 Å². The first-order valence-corrected chi connectivity index (χ1v) is 8.86. The highest BCUT2D eigenvalue weighted by Gasteiger charge is 2.32. The molecular weight excluding hydrogens is 338 g/mol. The number of halogens is 2. The molecule has 24 heavy (non-hydrogen) atoms. The normalized spacial score (nSPS) is 12.0. The molecule has 8 heteroatoms. The quantitative estimate of drug-likeness (QED) is 0.837. The minimum atomic E-state index is -3.71. The molecule has 0 aliphatic carbocycles. The van der Waals surface area contributed by atoms with Crippen LogP contribution >= 0.6 is 0 Å². The number of amides is 1. The number of anilines is 1. The predicted octanol–water partition coefficient (Wildman–Crippen LogP) is 2.58. The lowest BCUT2D eigenvalue weighted by molar-refractivity contribution is 0.00215. The van der Waals surface area contributed by atoms with Crippen molar-refractivity contribution in [2.24, 2.45) is 0 Å². The zero-order chi connectivity index (χ0) is 17.8. The number of carbonyl (C=O) groups is 1. The molecule has 0 aliphatic rings. The van der Waals surface area contributed by atoms with Gasteiger partial charge >= 0.3 is 0 Å². The first-order chi connectivity index (χ1) is 11.2. The Morgan fingerprint density at radius 2 is 1.62 bits per heavy atom. The third-order valence-corrected chi connectivity index (χ3v) is 3.83. The first-order valence-electron chi connectivity index (χ1n) is 6.97. The summed E-state index contributed by atoms with van der Waals surface area (Å²) in [5, 5.41) is 2.60. The Morgan fingerprint density at radius 1 is 1.04 bits per heavy atom. The van der Waals surface area contributed by atoms with Gasteiger partial charge in [-0.2, -0.15) is 8.78 Å². The highest BCUT2D eigenvalue weighted by atomic mass is 32.2. The van der Waals surface area contributed by atoms with Crippen LogP contribution in [0.5, 0.6) is 0 Å². The number of benzene rings is 2. The fraction of sp³-hybridized carbons (Fsp3) is 0.188. The average molecular weight is 354 g/mol. The Kier molecular flexibility index (Phi) is 5.30. The van der Waals surface area contributed by atoms with Gasteiger partial charge in [-0.15, -0.1) is 0 Å². The van der Waals surface area contributed by atoms with Gasteiger partial charge in [-0.3, -0.25) is 4.79 Å². The molecule has 2 aromatic carbocycles. The second-order valence-electron chi connectivity index (χ2n) is 5.20. The van der Waals surface area contributed by atoms with Crippen molar-refractivity contribution in [3.05, 3.63) is 65.7 Å². The van der Waals surface area contributed by atoms with Gasteiger partial charge < -0.3 is 5.32 Å². The Bertz CT molecular complexity index is 807. The van der Waals surface area contributed by atoms with E-state index >= 15 is 0 Å². The van der Waals surface area contributed by atoms with Crippen molar-refractivity contribution in [3.63, 3.8) is 0 Å². The fourth-order valence-electron chi connectivity index (χ4n) is 1.91. The van der Waals surface area contributed by atoms with Crippen molar-refractivity contribution in [1.82, 2.24) is 4.72 Å². The fourth-order valence-corrected chi connectivity index (χ4v) is 2.36. The topological polar surface area (TPSA) is 75.3 Å². The van der Waals surface area contributed by atoms with Crippen LogP contribution in [0.4, 0.5) is 14.5 Å². The van der Waals surface area contributed by atoms with Crippen LogP contribution in [0, 0.1) is 0 Å². The van der Waals surface area contributed by atoms with E-state index < -0.39 is 22.5 Å². The van der Waals surface area contributed by atoms with Gasteiger partial charge in [0.15, 0.2) is 0 Å². The molecule has 0 spiro atoms. The lowest BCUT2D eigenvalue weighted by Gasteiger charge is -2.17. The van der Waals surface area contributed by atoms with Crippen molar-refractivity contribution >= 4 is 21.6 Å². The molecule has 0 radical (unpaired) electrons. The SMILES string of the molecule is CS(=O)(=O)NCC(F)(F)c1ccc(NC(=O)c2ccccc2)cc1. The maximum atomic E-state index is 13.9. The van der Waals surface area contributed by atoms with Gasteiger partial charge in [0.05, 0.1) is 12.8 Å².